The summed E-state index contributed by atoms with van der Waals surface area (Å²) in [7, 11) is 5.54. The molecule has 0 radical (unpaired) electrons. The van der Waals surface area contributed by atoms with Crippen LogP contribution in [0, 0.1) is 6.92 Å². The minimum atomic E-state index is -0.124. The minimum absolute atomic E-state index is 0.124. The van der Waals surface area contributed by atoms with Crippen LogP contribution in [0.4, 0.5) is 0 Å². The first-order valence-corrected chi connectivity index (χ1v) is 6.51. The largest absolute Gasteiger partial charge is 0.347 e. The Balaban J connectivity index is 2.12. The smallest absolute Gasteiger partial charge is 0.240 e. The second-order valence-corrected chi connectivity index (χ2v) is 5.15. The maximum atomic E-state index is 12.2. The highest BCUT2D eigenvalue weighted by molar-refractivity contribution is 5.81. The van der Waals surface area contributed by atoms with Crippen molar-refractivity contribution in [3.63, 3.8) is 0 Å². The second kappa shape index (κ2) is 5.66. The zero-order chi connectivity index (χ0) is 14.0. The zero-order valence-electron chi connectivity index (χ0n) is 12.1. The van der Waals surface area contributed by atoms with E-state index in [2.05, 4.69) is 20.4 Å². The molecular weight excluding hydrogens is 244 g/mol. The first kappa shape index (κ1) is 14.0. The topological polar surface area (TPSA) is 66.3 Å². The average molecular weight is 266 g/mol. The summed E-state index contributed by atoms with van der Waals surface area (Å²) in [6, 6.07) is -0.124. The van der Waals surface area contributed by atoms with Crippen LogP contribution in [-0.4, -0.2) is 70.2 Å². The summed E-state index contributed by atoms with van der Waals surface area (Å²) < 4.78 is 1.97. The van der Waals surface area contributed by atoms with Gasteiger partial charge in [0.2, 0.25) is 5.91 Å². The van der Waals surface area contributed by atoms with E-state index in [0.29, 0.717) is 13.1 Å². The van der Waals surface area contributed by atoms with Gasteiger partial charge in [-0.05, 0) is 6.92 Å². The van der Waals surface area contributed by atoms with Crippen molar-refractivity contribution >= 4 is 5.91 Å². The van der Waals surface area contributed by atoms with Crippen LogP contribution in [-0.2, 0) is 18.4 Å². The number of hydrogen-bond donors (Lipinski definition) is 1. The lowest BCUT2D eigenvalue weighted by atomic mass is 10.1. The molecule has 0 aromatic carbocycles. The Morgan fingerprint density at radius 3 is 2.79 bits per heavy atom. The van der Waals surface area contributed by atoms with Gasteiger partial charge in [-0.3, -0.25) is 9.69 Å². The number of carbonyl (C=O) groups excluding carboxylic acids is 1. The maximum absolute atomic E-state index is 12.2. The van der Waals surface area contributed by atoms with E-state index in [1.807, 2.05) is 18.5 Å². The average Bonchev–Trinajstić information content (AvgIpc) is 2.70. The molecule has 2 heterocycles. The Kier molecular flexibility index (Phi) is 4.16. The van der Waals surface area contributed by atoms with Gasteiger partial charge < -0.3 is 14.8 Å². The van der Waals surface area contributed by atoms with E-state index in [-0.39, 0.29) is 11.9 Å². The summed E-state index contributed by atoms with van der Waals surface area (Å²) in [5, 5.41) is 11.5. The Morgan fingerprint density at radius 1 is 1.47 bits per heavy atom. The molecule has 1 aliphatic heterocycles. The van der Waals surface area contributed by atoms with Gasteiger partial charge in [-0.1, -0.05) is 0 Å². The molecule has 0 aliphatic carbocycles. The molecule has 1 fully saturated rings. The third-order valence-electron chi connectivity index (χ3n) is 3.61. The minimum Gasteiger partial charge on any atom is -0.347 e. The van der Waals surface area contributed by atoms with E-state index in [0.717, 1.165) is 24.7 Å². The van der Waals surface area contributed by atoms with E-state index >= 15 is 0 Å². The van der Waals surface area contributed by atoms with Gasteiger partial charge in [0.05, 0.1) is 6.54 Å². The molecule has 1 N–H and O–H groups in total. The number of aryl methyl sites for hydroxylation is 1. The molecule has 1 saturated heterocycles. The van der Waals surface area contributed by atoms with E-state index < -0.39 is 0 Å². The van der Waals surface area contributed by atoms with Crippen LogP contribution in [0.15, 0.2) is 0 Å². The number of rotatable bonds is 3. The van der Waals surface area contributed by atoms with Crippen LogP contribution in [0.25, 0.3) is 0 Å². The van der Waals surface area contributed by atoms with E-state index in [9.17, 15) is 4.79 Å². The Bertz CT molecular complexity index is 455. The quantitative estimate of drug-likeness (QED) is 0.759. The lowest BCUT2D eigenvalue weighted by Gasteiger charge is -2.36. The van der Waals surface area contributed by atoms with Crippen molar-refractivity contribution in [2.45, 2.75) is 19.5 Å². The highest BCUT2D eigenvalue weighted by Gasteiger charge is 2.30. The molecule has 2 rings (SSSR count). The van der Waals surface area contributed by atoms with Crippen molar-refractivity contribution < 1.29 is 4.79 Å². The molecule has 7 heteroatoms. The standard InChI is InChI=1S/C12H22N6O/c1-9-14-15-11(17(9)4)8-18-6-5-13-7-10(18)12(19)16(2)3/h10,13H,5-8H2,1-4H3. The lowest BCUT2D eigenvalue weighted by molar-refractivity contribution is -0.135. The Labute approximate surface area is 113 Å². The van der Waals surface area contributed by atoms with Crippen LogP contribution >= 0.6 is 0 Å². The molecule has 0 bridgehead atoms. The van der Waals surface area contributed by atoms with Crippen LogP contribution in [0.1, 0.15) is 11.6 Å². The van der Waals surface area contributed by atoms with Crippen LogP contribution < -0.4 is 5.32 Å². The van der Waals surface area contributed by atoms with Crippen molar-refractivity contribution in [1.82, 2.24) is 29.9 Å². The van der Waals surface area contributed by atoms with Crippen molar-refractivity contribution in [1.29, 1.82) is 0 Å². The van der Waals surface area contributed by atoms with Gasteiger partial charge in [0.25, 0.3) is 0 Å². The summed E-state index contributed by atoms with van der Waals surface area (Å²) in [6.45, 7) is 5.01. The van der Waals surface area contributed by atoms with Crippen molar-refractivity contribution in [2.75, 3.05) is 33.7 Å². The molecular formula is C12H22N6O. The molecule has 106 valence electrons. The number of nitrogens with zero attached hydrogens (tertiary/aromatic N) is 5. The van der Waals surface area contributed by atoms with E-state index in [1.54, 1.807) is 19.0 Å². The summed E-state index contributed by atoms with van der Waals surface area (Å²) in [4.78, 5) is 16.0. The van der Waals surface area contributed by atoms with E-state index in [1.165, 1.54) is 0 Å². The third-order valence-corrected chi connectivity index (χ3v) is 3.61. The molecule has 1 aromatic heterocycles. The first-order chi connectivity index (χ1) is 9.00. The summed E-state index contributed by atoms with van der Waals surface area (Å²) in [5.41, 5.74) is 0. The SMILES string of the molecule is Cc1nnc(CN2CCNCC2C(=O)N(C)C)n1C. The van der Waals surface area contributed by atoms with Gasteiger partial charge >= 0.3 is 0 Å². The van der Waals surface area contributed by atoms with Gasteiger partial charge in [-0.15, -0.1) is 10.2 Å². The number of piperazine rings is 1. The van der Waals surface area contributed by atoms with Crippen molar-refractivity contribution in [2.24, 2.45) is 7.05 Å². The predicted molar refractivity (Wildman–Crippen MR) is 71.5 cm³/mol. The molecule has 19 heavy (non-hydrogen) atoms. The summed E-state index contributed by atoms with van der Waals surface area (Å²) in [5.74, 6) is 1.92. The van der Waals surface area contributed by atoms with Gasteiger partial charge in [0, 0.05) is 40.8 Å². The normalized spacial score (nSPS) is 20.5. The lowest BCUT2D eigenvalue weighted by Crippen LogP contribution is -2.57. The monoisotopic (exact) mass is 266 g/mol. The fraction of sp³-hybridized carbons (Fsp3) is 0.750. The number of aromatic nitrogens is 3. The van der Waals surface area contributed by atoms with Crippen LogP contribution in [0.5, 0.6) is 0 Å². The molecule has 1 amide bonds. The number of carbonyl (C=O) groups is 1. The molecule has 7 nitrogen and oxygen atoms in total. The van der Waals surface area contributed by atoms with Gasteiger partial charge in [0.15, 0.2) is 0 Å². The first-order valence-electron chi connectivity index (χ1n) is 6.51. The fourth-order valence-corrected chi connectivity index (χ4v) is 2.25. The zero-order valence-corrected chi connectivity index (χ0v) is 12.1. The van der Waals surface area contributed by atoms with Crippen molar-refractivity contribution in [3.05, 3.63) is 11.6 Å². The fourth-order valence-electron chi connectivity index (χ4n) is 2.25. The summed E-state index contributed by atoms with van der Waals surface area (Å²) >= 11 is 0. The molecule has 1 unspecified atom stereocenters. The number of nitrogens with one attached hydrogen (secondary N) is 1. The highest BCUT2D eigenvalue weighted by Crippen LogP contribution is 2.11. The van der Waals surface area contributed by atoms with Gasteiger partial charge in [-0.2, -0.15) is 0 Å². The molecule has 1 aromatic rings. The Hall–Kier alpha value is -1.47. The van der Waals surface area contributed by atoms with Crippen molar-refractivity contribution in [3.8, 4) is 0 Å². The number of likely N-dealkylation sites (N-methyl/N-ethyl adjacent to an activating group) is 1. The third kappa shape index (κ3) is 2.93. The molecule has 0 saturated carbocycles. The van der Waals surface area contributed by atoms with E-state index in [4.69, 9.17) is 0 Å². The highest BCUT2D eigenvalue weighted by atomic mass is 16.2. The van der Waals surface area contributed by atoms with Gasteiger partial charge in [0.1, 0.15) is 17.7 Å². The predicted octanol–water partition coefficient (Wildman–Crippen LogP) is -1.01. The molecule has 1 atom stereocenters. The molecule has 0 spiro atoms. The molecule has 1 aliphatic rings. The summed E-state index contributed by atoms with van der Waals surface area (Å²) in [6.07, 6.45) is 0. The maximum Gasteiger partial charge on any atom is 0.240 e. The number of hydrogen-bond acceptors (Lipinski definition) is 5. The number of amides is 1. The van der Waals surface area contributed by atoms with Crippen LogP contribution in [0.2, 0.25) is 0 Å². The van der Waals surface area contributed by atoms with Gasteiger partial charge in [-0.25, -0.2) is 0 Å². The second-order valence-electron chi connectivity index (χ2n) is 5.15. The Morgan fingerprint density at radius 2 is 2.21 bits per heavy atom. The van der Waals surface area contributed by atoms with Crippen LogP contribution in [0.3, 0.4) is 0 Å².